The molecule has 9 nitrogen and oxygen atoms in total. The second-order valence-electron chi connectivity index (χ2n) is 7.92. The number of anilines is 2. The van der Waals surface area contributed by atoms with Crippen LogP contribution in [-0.2, 0) is 14.2 Å². The van der Waals surface area contributed by atoms with E-state index in [0.717, 1.165) is 0 Å². The van der Waals surface area contributed by atoms with Crippen LogP contribution < -0.4 is 15.4 Å². The fourth-order valence-corrected chi connectivity index (χ4v) is 4.08. The number of amides is 1. The second kappa shape index (κ2) is 9.62. The van der Waals surface area contributed by atoms with Crippen LogP contribution in [0.5, 0.6) is 5.75 Å². The smallest absolute Gasteiger partial charge is 0.412 e. The van der Waals surface area contributed by atoms with Crippen molar-refractivity contribution in [3.63, 3.8) is 0 Å². The zero-order valence-corrected chi connectivity index (χ0v) is 18.3. The van der Waals surface area contributed by atoms with Gasteiger partial charge in [-0.2, -0.15) is 0 Å². The first-order valence-corrected chi connectivity index (χ1v) is 10.8. The summed E-state index contributed by atoms with van der Waals surface area (Å²) in [6.07, 6.45) is -0.306. The van der Waals surface area contributed by atoms with Crippen molar-refractivity contribution in [3.05, 3.63) is 66.6 Å². The number of hydrogen-bond acceptors (Lipinski definition) is 8. The highest BCUT2D eigenvalue weighted by molar-refractivity contribution is 5.85. The van der Waals surface area contributed by atoms with Gasteiger partial charge in [0.2, 0.25) is 5.95 Å². The molecule has 5 rings (SSSR count). The Labute approximate surface area is 195 Å². The molecule has 2 aliphatic heterocycles. The van der Waals surface area contributed by atoms with Crippen LogP contribution >= 0.6 is 0 Å². The van der Waals surface area contributed by atoms with Crippen molar-refractivity contribution < 1.29 is 28.1 Å². The summed E-state index contributed by atoms with van der Waals surface area (Å²) in [5, 5.41) is 5.91. The summed E-state index contributed by atoms with van der Waals surface area (Å²) in [5.74, 6) is 0.664. The van der Waals surface area contributed by atoms with Crippen molar-refractivity contribution in [2.75, 3.05) is 31.0 Å². The average Bonchev–Trinajstić information content (AvgIpc) is 3.42. The van der Waals surface area contributed by atoms with Crippen LogP contribution in [0.4, 0.5) is 20.8 Å². The summed E-state index contributed by atoms with van der Waals surface area (Å²) in [5.41, 5.74) is 1.80. The Morgan fingerprint density at radius 1 is 1.09 bits per heavy atom. The van der Waals surface area contributed by atoms with Gasteiger partial charge in [-0.1, -0.05) is 18.2 Å². The lowest BCUT2D eigenvalue weighted by Gasteiger charge is -2.18. The van der Waals surface area contributed by atoms with E-state index in [2.05, 4.69) is 20.6 Å². The highest BCUT2D eigenvalue weighted by Gasteiger charge is 2.49. The number of aromatic nitrogens is 2. The third-order valence-corrected chi connectivity index (χ3v) is 5.67. The maximum absolute atomic E-state index is 13.6. The minimum absolute atomic E-state index is 0.212. The van der Waals surface area contributed by atoms with Gasteiger partial charge in [-0.15, -0.1) is 0 Å². The Hall–Kier alpha value is -3.76. The van der Waals surface area contributed by atoms with E-state index < -0.39 is 18.3 Å². The molecule has 2 N–H and O–H groups in total. The summed E-state index contributed by atoms with van der Waals surface area (Å²) in [6, 6.07) is 14.7. The van der Waals surface area contributed by atoms with Gasteiger partial charge in [0, 0.05) is 23.5 Å². The van der Waals surface area contributed by atoms with Gasteiger partial charge in [0.25, 0.3) is 0 Å². The van der Waals surface area contributed by atoms with Gasteiger partial charge in [-0.05, 0) is 30.3 Å². The Kier molecular flexibility index (Phi) is 6.24. The van der Waals surface area contributed by atoms with Crippen molar-refractivity contribution in [3.8, 4) is 17.0 Å². The summed E-state index contributed by atoms with van der Waals surface area (Å²) in [4.78, 5) is 21.1. The summed E-state index contributed by atoms with van der Waals surface area (Å²) in [7, 11) is 1.55. The van der Waals surface area contributed by atoms with Crippen molar-refractivity contribution in [1.29, 1.82) is 0 Å². The minimum Gasteiger partial charge on any atom is -0.497 e. The molecule has 0 spiro atoms. The molecule has 4 atom stereocenters. The summed E-state index contributed by atoms with van der Waals surface area (Å²) in [6.45, 7) is 0.545. The average molecular weight is 466 g/mol. The molecule has 3 aromatic rings. The molecule has 1 amide bonds. The van der Waals surface area contributed by atoms with Crippen LogP contribution in [0, 0.1) is 5.82 Å². The quantitative estimate of drug-likeness (QED) is 0.569. The number of halogens is 1. The van der Waals surface area contributed by atoms with Crippen LogP contribution in [0.2, 0.25) is 0 Å². The molecule has 176 valence electrons. The highest BCUT2D eigenvalue weighted by atomic mass is 19.1. The molecule has 2 aliphatic rings. The lowest BCUT2D eigenvalue weighted by molar-refractivity contribution is 0.00917. The van der Waals surface area contributed by atoms with E-state index in [0.29, 0.717) is 35.2 Å². The van der Waals surface area contributed by atoms with Crippen LogP contribution in [0.15, 0.2) is 60.8 Å². The summed E-state index contributed by atoms with van der Waals surface area (Å²) < 4.78 is 36.0. The molecule has 0 aliphatic carbocycles. The largest absolute Gasteiger partial charge is 0.497 e. The molecular weight excluding hydrogens is 443 g/mol. The maximum Gasteiger partial charge on any atom is 0.412 e. The Bertz CT molecular complexity index is 1180. The van der Waals surface area contributed by atoms with E-state index in [9.17, 15) is 9.18 Å². The molecule has 34 heavy (non-hydrogen) atoms. The predicted molar refractivity (Wildman–Crippen MR) is 121 cm³/mol. The summed E-state index contributed by atoms with van der Waals surface area (Å²) >= 11 is 0. The van der Waals surface area contributed by atoms with Gasteiger partial charge < -0.3 is 24.3 Å². The van der Waals surface area contributed by atoms with Crippen LogP contribution in [-0.4, -0.2) is 60.7 Å². The third-order valence-electron chi connectivity index (χ3n) is 5.67. The van der Waals surface area contributed by atoms with E-state index >= 15 is 0 Å². The normalized spacial score (nSPS) is 23.2. The van der Waals surface area contributed by atoms with E-state index in [1.807, 2.05) is 0 Å². The number of hydrogen-bond donors (Lipinski definition) is 2. The number of methoxy groups -OCH3 is 1. The molecule has 2 aromatic carbocycles. The number of benzene rings is 2. The first kappa shape index (κ1) is 22.1. The Morgan fingerprint density at radius 2 is 1.94 bits per heavy atom. The number of fused-ring (bicyclic) bond motifs is 1. The van der Waals surface area contributed by atoms with Gasteiger partial charge in [0.1, 0.15) is 23.8 Å². The van der Waals surface area contributed by atoms with Gasteiger partial charge in [0.05, 0.1) is 32.1 Å². The van der Waals surface area contributed by atoms with Crippen molar-refractivity contribution >= 4 is 17.7 Å². The van der Waals surface area contributed by atoms with Crippen molar-refractivity contribution in [1.82, 2.24) is 9.97 Å². The number of carbonyl (C=O) groups excluding carboxylic acids is 1. The Morgan fingerprint density at radius 3 is 2.79 bits per heavy atom. The van der Waals surface area contributed by atoms with Gasteiger partial charge in [0.15, 0.2) is 6.10 Å². The van der Waals surface area contributed by atoms with E-state index in [4.69, 9.17) is 18.9 Å². The molecule has 1 aromatic heterocycles. The Balaban J connectivity index is 1.19. The van der Waals surface area contributed by atoms with E-state index in [-0.39, 0.29) is 24.6 Å². The fraction of sp³-hybridized carbons (Fsp3) is 0.292. The highest BCUT2D eigenvalue weighted by Crippen LogP contribution is 2.31. The van der Waals surface area contributed by atoms with Crippen LogP contribution in [0.3, 0.4) is 0 Å². The van der Waals surface area contributed by atoms with Crippen LogP contribution in [0.1, 0.15) is 0 Å². The topological polar surface area (TPSA) is 104 Å². The van der Waals surface area contributed by atoms with Gasteiger partial charge in [-0.25, -0.2) is 19.2 Å². The first-order valence-electron chi connectivity index (χ1n) is 10.8. The van der Waals surface area contributed by atoms with Crippen molar-refractivity contribution in [2.24, 2.45) is 0 Å². The molecule has 3 heterocycles. The SMILES string of the molecule is COc1cccc(NC(=O)OC2COC3C(Nc4nccc(-c5cccc(F)c5)n4)COC23)c1. The number of carbonyl (C=O) groups is 1. The second-order valence-corrected chi connectivity index (χ2v) is 7.92. The van der Waals surface area contributed by atoms with E-state index in [1.54, 1.807) is 55.8 Å². The number of ether oxygens (including phenoxy) is 4. The molecule has 0 radical (unpaired) electrons. The number of nitrogens with one attached hydrogen (secondary N) is 2. The van der Waals surface area contributed by atoms with Gasteiger partial charge >= 0.3 is 6.09 Å². The molecule has 2 saturated heterocycles. The number of rotatable bonds is 6. The third kappa shape index (κ3) is 4.78. The van der Waals surface area contributed by atoms with Crippen molar-refractivity contribution in [2.45, 2.75) is 24.4 Å². The minimum atomic E-state index is -0.603. The molecule has 0 bridgehead atoms. The zero-order valence-electron chi connectivity index (χ0n) is 18.3. The molecule has 0 saturated carbocycles. The zero-order chi connectivity index (χ0) is 23.5. The van der Waals surface area contributed by atoms with E-state index in [1.165, 1.54) is 12.1 Å². The molecule has 4 unspecified atom stereocenters. The monoisotopic (exact) mass is 466 g/mol. The lowest BCUT2D eigenvalue weighted by Crippen LogP contribution is -2.38. The van der Waals surface area contributed by atoms with Gasteiger partial charge in [-0.3, -0.25) is 5.32 Å². The standard InChI is InChI=1S/C24H23FN4O5/c1-31-17-7-3-6-16(11-17)27-24(30)34-20-13-33-21-19(12-32-22(20)21)29-23-26-9-8-18(28-23)14-4-2-5-15(25)10-14/h2-11,19-22H,12-13H2,1H3,(H,27,30)(H,26,28,29). The number of nitrogens with zero attached hydrogens (tertiary/aromatic N) is 2. The maximum atomic E-state index is 13.6. The lowest BCUT2D eigenvalue weighted by atomic mass is 10.1. The molecule has 2 fully saturated rings. The fourth-order valence-electron chi connectivity index (χ4n) is 4.08. The van der Waals surface area contributed by atoms with Crippen LogP contribution in [0.25, 0.3) is 11.3 Å². The predicted octanol–water partition coefficient (Wildman–Crippen LogP) is 3.49. The first-order chi connectivity index (χ1) is 16.6. The molecule has 10 heteroatoms. The molecular formula is C24H23FN4O5.